The van der Waals surface area contributed by atoms with E-state index in [1.807, 2.05) is 6.07 Å². The smallest absolute Gasteiger partial charge is 0.303 e. The molecule has 2 nitrogen and oxygen atoms in total. The van der Waals surface area contributed by atoms with E-state index in [4.69, 9.17) is 0 Å². The van der Waals surface area contributed by atoms with Crippen LogP contribution in [0, 0.1) is 11.8 Å². The predicted molar refractivity (Wildman–Crippen MR) is 145 cm³/mol. The van der Waals surface area contributed by atoms with Crippen LogP contribution >= 0.6 is 0 Å². The third-order valence-corrected chi connectivity index (χ3v) is 6.92. The van der Waals surface area contributed by atoms with Crippen LogP contribution in [0.15, 0.2) is 72.8 Å². The van der Waals surface area contributed by atoms with Crippen LogP contribution in [0.1, 0.15) is 95.1 Å². The number of hydrogen-bond acceptors (Lipinski definition) is 1. The van der Waals surface area contributed by atoms with Gasteiger partial charge >= 0.3 is 5.97 Å². The first-order valence-electron chi connectivity index (χ1n) is 13.6. The van der Waals surface area contributed by atoms with Crippen LogP contribution in [0.4, 0.5) is 0 Å². The monoisotopic (exact) mass is 462 g/mol. The molecule has 2 heteroatoms. The molecule has 0 aliphatic carbocycles. The third kappa shape index (κ3) is 13.4. The zero-order chi connectivity index (χ0) is 24.3. The Morgan fingerprint density at radius 3 is 1.91 bits per heavy atom. The van der Waals surface area contributed by atoms with Crippen LogP contribution in [-0.2, 0) is 17.6 Å². The standard InChI is InChI=1S/C32H46O2/c1-2-3-4-5-6-7-10-16-30(24-23-28-17-11-8-12-18-28)21-15-22-31(27-32(33)34)26-25-29-19-13-9-14-20-29/h7-14,17-20,30-31H,2-6,15-16,21-27H2,1H3,(H,33,34)/b10-7-/t30-,31-/m1/s1. The largest absolute Gasteiger partial charge is 0.481 e. The van der Waals surface area contributed by atoms with E-state index in [2.05, 4.69) is 73.7 Å². The first kappa shape index (κ1) is 27.9. The summed E-state index contributed by atoms with van der Waals surface area (Å²) in [7, 11) is 0. The van der Waals surface area contributed by atoms with Crippen molar-refractivity contribution in [1.29, 1.82) is 0 Å². The number of hydrogen-bond donors (Lipinski definition) is 1. The Morgan fingerprint density at radius 2 is 1.32 bits per heavy atom. The molecule has 2 aromatic rings. The topological polar surface area (TPSA) is 37.3 Å². The van der Waals surface area contributed by atoms with Gasteiger partial charge in [-0.05, 0) is 74.3 Å². The van der Waals surface area contributed by atoms with Crippen LogP contribution in [0.25, 0.3) is 0 Å². The second-order valence-electron chi connectivity index (χ2n) is 9.87. The van der Waals surface area contributed by atoms with E-state index in [9.17, 15) is 9.90 Å². The van der Waals surface area contributed by atoms with Gasteiger partial charge in [0.1, 0.15) is 0 Å². The number of unbranched alkanes of at least 4 members (excludes halogenated alkanes) is 4. The van der Waals surface area contributed by atoms with Gasteiger partial charge in [0, 0.05) is 6.42 Å². The first-order valence-corrected chi connectivity index (χ1v) is 13.6. The van der Waals surface area contributed by atoms with Gasteiger partial charge in [-0.25, -0.2) is 0 Å². The Hall–Kier alpha value is -2.35. The average molecular weight is 463 g/mol. The highest BCUT2D eigenvalue weighted by Gasteiger charge is 2.15. The minimum Gasteiger partial charge on any atom is -0.481 e. The van der Waals surface area contributed by atoms with Crippen molar-refractivity contribution in [2.45, 2.75) is 96.8 Å². The molecule has 1 N–H and O–H groups in total. The first-order chi connectivity index (χ1) is 16.7. The van der Waals surface area contributed by atoms with Gasteiger partial charge in [-0.1, -0.05) is 112 Å². The molecule has 0 aliphatic rings. The summed E-state index contributed by atoms with van der Waals surface area (Å²) in [6.45, 7) is 2.26. The normalized spacial score (nSPS) is 13.2. The Bertz CT molecular complexity index is 781. The zero-order valence-electron chi connectivity index (χ0n) is 21.3. The number of carbonyl (C=O) groups is 1. The van der Waals surface area contributed by atoms with Gasteiger partial charge < -0.3 is 5.11 Å². The van der Waals surface area contributed by atoms with Crippen LogP contribution in [0.2, 0.25) is 0 Å². The minimum absolute atomic E-state index is 0.265. The molecule has 0 fully saturated rings. The summed E-state index contributed by atoms with van der Waals surface area (Å²) in [5, 5.41) is 9.41. The SMILES string of the molecule is CCCCCC/C=C\C[C@H](CCC[C@H](CCc1ccccc1)CC(=O)O)CCc1ccccc1. The van der Waals surface area contributed by atoms with Crippen molar-refractivity contribution in [3.63, 3.8) is 0 Å². The van der Waals surface area contributed by atoms with E-state index in [0.29, 0.717) is 12.3 Å². The maximum atomic E-state index is 11.4. The van der Waals surface area contributed by atoms with Crippen molar-refractivity contribution < 1.29 is 9.90 Å². The second kappa shape index (κ2) is 18.0. The van der Waals surface area contributed by atoms with Gasteiger partial charge in [-0.3, -0.25) is 4.79 Å². The number of aryl methyl sites for hydroxylation is 2. The number of carboxylic acid groups (broad SMARTS) is 1. The zero-order valence-corrected chi connectivity index (χ0v) is 21.3. The summed E-state index contributed by atoms with van der Waals surface area (Å²) in [4.78, 5) is 11.4. The third-order valence-electron chi connectivity index (χ3n) is 6.92. The molecule has 0 radical (unpaired) electrons. The van der Waals surface area contributed by atoms with Crippen molar-refractivity contribution >= 4 is 5.97 Å². The molecule has 0 saturated heterocycles. The number of carboxylic acids is 1. The molecular formula is C32H46O2. The van der Waals surface area contributed by atoms with Gasteiger partial charge in [0.05, 0.1) is 0 Å². The van der Waals surface area contributed by atoms with Crippen LogP contribution in [0.5, 0.6) is 0 Å². The van der Waals surface area contributed by atoms with Crippen LogP contribution in [-0.4, -0.2) is 11.1 Å². The molecule has 0 heterocycles. The summed E-state index contributed by atoms with van der Waals surface area (Å²) in [5.74, 6) is 0.276. The maximum absolute atomic E-state index is 11.4. The van der Waals surface area contributed by atoms with Crippen molar-refractivity contribution in [2.75, 3.05) is 0 Å². The van der Waals surface area contributed by atoms with Crippen molar-refractivity contribution in [3.05, 3.63) is 83.9 Å². The second-order valence-corrected chi connectivity index (χ2v) is 9.87. The fourth-order valence-corrected chi connectivity index (χ4v) is 4.80. The van der Waals surface area contributed by atoms with E-state index in [1.54, 1.807) is 0 Å². The molecule has 0 bridgehead atoms. The van der Waals surface area contributed by atoms with Gasteiger partial charge in [-0.15, -0.1) is 0 Å². The highest BCUT2D eigenvalue weighted by Crippen LogP contribution is 2.25. The molecule has 0 saturated carbocycles. The fraction of sp³-hybridized carbons (Fsp3) is 0.531. The Labute approximate surface area is 208 Å². The van der Waals surface area contributed by atoms with Crippen LogP contribution in [0.3, 0.4) is 0 Å². The highest BCUT2D eigenvalue weighted by molar-refractivity contribution is 5.67. The fourth-order valence-electron chi connectivity index (χ4n) is 4.80. The molecule has 0 aromatic heterocycles. The van der Waals surface area contributed by atoms with Gasteiger partial charge in [-0.2, -0.15) is 0 Å². The van der Waals surface area contributed by atoms with Gasteiger partial charge in [0.15, 0.2) is 0 Å². The minimum atomic E-state index is -0.662. The van der Waals surface area contributed by atoms with E-state index in [-0.39, 0.29) is 5.92 Å². The van der Waals surface area contributed by atoms with E-state index in [1.165, 1.54) is 56.1 Å². The van der Waals surface area contributed by atoms with Crippen molar-refractivity contribution in [1.82, 2.24) is 0 Å². The molecule has 2 rings (SSSR count). The van der Waals surface area contributed by atoms with E-state index < -0.39 is 5.97 Å². The number of allylic oxidation sites excluding steroid dienone is 2. The number of rotatable bonds is 19. The summed E-state index contributed by atoms with van der Waals surface area (Å²) >= 11 is 0. The molecule has 2 atom stereocenters. The molecule has 34 heavy (non-hydrogen) atoms. The molecular weight excluding hydrogens is 416 g/mol. The Morgan fingerprint density at radius 1 is 0.735 bits per heavy atom. The number of benzene rings is 2. The summed E-state index contributed by atoms with van der Waals surface area (Å²) in [6, 6.07) is 21.3. The highest BCUT2D eigenvalue weighted by atomic mass is 16.4. The van der Waals surface area contributed by atoms with E-state index in [0.717, 1.165) is 38.5 Å². The lowest BCUT2D eigenvalue weighted by Crippen LogP contribution is -2.10. The van der Waals surface area contributed by atoms with Crippen LogP contribution < -0.4 is 0 Å². The summed E-state index contributed by atoms with van der Waals surface area (Å²) in [5.41, 5.74) is 2.73. The van der Waals surface area contributed by atoms with Crippen molar-refractivity contribution in [2.24, 2.45) is 11.8 Å². The molecule has 0 unspecified atom stereocenters. The quantitative estimate of drug-likeness (QED) is 0.167. The lowest BCUT2D eigenvalue weighted by Gasteiger charge is -2.19. The van der Waals surface area contributed by atoms with Gasteiger partial charge in [0.25, 0.3) is 0 Å². The predicted octanol–water partition coefficient (Wildman–Crippen LogP) is 9.05. The van der Waals surface area contributed by atoms with E-state index >= 15 is 0 Å². The number of aliphatic carboxylic acids is 1. The summed E-state index contributed by atoms with van der Waals surface area (Å²) < 4.78 is 0. The average Bonchev–Trinajstić information content (AvgIpc) is 2.85. The lowest BCUT2D eigenvalue weighted by molar-refractivity contribution is -0.138. The molecule has 0 aliphatic heterocycles. The summed E-state index contributed by atoms with van der Waals surface area (Å²) in [6.07, 6.45) is 20.3. The van der Waals surface area contributed by atoms with Gasteiger partial charge in [0.2, 0.25) is 0 Å². The molecule has 186 valence electrons. The van der Waals surface area contributed by atoms with Crippen molar-refractivity contribution in [3.8, 4) is 0 Å². The maximum Gasteiger partial charge on any atom is 0.303 e. The molecule has 0 spiro atoms. The molecule has 2 aromatic carbocycles. The lowest BCUT2D eigenvalue weighted by atomic mass is 9.87. The molecule has 0 amide bonds. The Kier molecular flexibility index (Phi) is 14.8. The Balaban J connectivity index is 1.82.